The van der Waals surface area contributed by atoms with Gasteiger partial charge in [-0.25, -0.2) is 4.98 Å². The topological polar surface area (TPSA) is 45.7 Å². The number of thiazole rings is 1. The summed E-state index contributed by atoms with van der Waals surface area (Å²) in [6.07, 6.45) is 0.875. The average molecular weight is 505 g/mol. The van der Waals surface area contributed by atoms with Crippen molar-refractivity contribution in [3.63, 3.8) is 0 Å². The summed E-state index contributed by atoms with van der Waals surface area (Å²) in [5.74, 6) is 0.749. The van der Waals surface area contributed by atoms with Crippen molar-refractivity contribution in [3.8, 4) is 5.75 Å². The lowest BCUT2D eigenvalue weighted by molar-refractivity contribution is 0.0990. The molecular weight excluding hydrogens is 482 g/mol. The third-order valence-corrected chi connectivity index (χ3v) is 6.57. The number of aromatic nitrogens is 1. The molecule has 0 N–H and O–H groups in total. The minimum atomic E-state index is -0.0125. The molecule has 0 fully saturated rings. The van der Waals surface area contributed by atoms with E-state index in [9.17, 15) is 4.79 Å². The highest BCUT2D eigenvalue weighted by atomic mass is 79.9. The van der Waals surface area contributed by atoms with Crippen molar-refractivity contribution in [2.24, 2.45) is 0 Å². The Hall–Kier alpha value is -1.19. The molecule has 152 valence electrons. The molecule has 3 rings (SSSR count). The number of carbonyl (C=O) groups is 1. The molecule has 0 atom stereocenters. The number of halogens is 2. The Morgan fingerprint density at radius 1 is 1.18 bits per heavy atom. The van der Waals surface area contributed by atoms with Crippen LogP contribution in [0.1, 0.15) is 23.0 Å². The number of ether oxygens (including phenoxy) is 1. The molecule has 0 aliphatic rings. The largest absolute Gasteiger partial charge is 0.492 e. The van der Waals surface area contributed by atoms with Gasteiger partial charge in [-0.15, -0.1) is 23.7 Å². The van der Waals surface area contributed by atoms with Gasteiger partial charge in [-0.3, -0.25) is 9.69 Å². The van der Waals surface area contributed by atoms with E-state index in [4.69, 9.17) is 9.72 Å². The molecule has 0 aliphatic carbocycles. The highest BCUT2D eigenvalue weighted by molar-refractivity contribution is 9.11. The number of para-hydroxylation sites is 1. The van der Waals surface area contributed by atoms with E-state index in [-0.39, 0.29) is 18.3 Å². The molecule has 9 heteroatoms. The number of hydrogen-bond acceptors (Lipinski definition) is 6. The average Bonchev–Trinajstić information content (AvgIpc) is 3.25. The Kier molecular flexibility index (Phi) is 8.70. The Labute approximate surface area is 187 Å². The van der Waals surface area contributed by atoms with Crippen LogP contribution in [-0.2, 0) is 0 Å². The predicted octanol–water partition coefficient (Wildman–Crippen LogP) is 5.54. The van der Waals surface area contributed by atoms with Crippen molar-refractivity contribution < 1.29 is 9.53 Å². The van der Waals surface area contributed by atoms with E-state index in [2.05, 4.69) is 20.8 Å². The molecule has 2 heterocycles. The van der Waals surface area contributed by atoms with E-state index in [1.807, 2.05) is 51.4 Å². The molecule has 0 radical (unpaired) electrons. The van der Waals surface area contributed by atoms with Crippen molar-refractivity contribution in [2.45, 2.75) is 13.3 Å². The SMILES string of the molecule is CCOc1cccc2sc(N(CCCN(C)C)C(=O)c3ccc(Br)s3)nc12.Cl. The summed E-state index contributed by atoms with van der Waals surface area (Å²) in [4.78, 5) is 22.5. The third-order valence-electron chi connectivity index (χ3n) is 3.92. The fraction of sp³-hybridized carbons (Fsp3) is 0.368. The van der Waals surface area contributed by atoms with Gasteiger partial charge in [0.05, 0.1) is 20.0 Å². The van der Waals surface area contributed by atoms with Gasteiger partial charge < -0.3 is 9.64 Å². The zero-order valence-electron chi connectivity index (χ0n) is 16.0. The number of rotatable bonds is 8. The van der Waals surface area contributed by atoms with Crippen LogP contribution >= 0.6 is 51.0 Å². The molecule has 0 spiro atoms. The number of amides is 1. The van der Waals surface area contributed by atoms with E-state index in [0.29, 0.717) is 23.2 Å². The Balaban J connectivity index is 0.00000280. The van der Waals surface area contributed by atoms with Gasteiger partial charge in [0, 0.05) is 6.54 Å². The molecule has 0 saturated carbocycles. The summed E-state index contributed by atoms with van der Waals surface area (Å²) in [6.45, 7) is 4.07. The van der Waals surface area contributed by atoms with Crippen molar-refractivity contribution in [2.75, 3.05) is 38.7 Å². The molecule has 1 aromatic carbocycles. The Morgan fingerprint density at radius 2 is 1.96 bits per heavy atom. The predicted molar refractivity (Wildman–Crippen MR) is 125 cm³/mol. The highest BCUT2D eigenvalue weighted by Crippen LogP contribution is 2.35. The molecular formula is C19H23BrClN3O2S2. The van der Waals surface area contributed by atoms with E-state index >= 15 is 0 Å². The highest BCUT2D eigenvalue weighted by Gasteiger charge is 2.23. The fourth-order valence-corrected chi connectivity index (χ4v) is 5.03. The quantitative estimate of drug-likeness (QED) is 0.404. The van der Waals surface area contributed by atoms with Crippen LogP contribution in [0.2, 0.25) is 0 Å². The van der Waals surface area contributed by atoms with Crippen LogP contribution in [0.25, 0.3) is 10.2 Å². The Bertz CT molecular complexity index is 929. The third kappa shape index (κ3) is 5.45. The standard InChI is InChI=1S/C19H22BrN3O2S2.ClH/c1-4-25-13-7-5-8-14-17(13)21-19(27-14)23(12-6-11-22(2)3)18(24)15-9-10-16(20)26-15;/h5,7-10H,4,6,11-12H2,1-3H3;1H. The van der Waals surface area contributed by atoms with Gasteiger partial charge in [-0.1, -0.05) is 17.4 Å². The van der Waals surface area contributed by atoms with Crippen molar-refractivity contribution >= 4 is 72.3 Å². The lowest BCUT2D eigenvalue weighted by atomic mass is 10.3. The second-order valence-corrected chi connectivity index (χ2v) is 9.72. The first-order valence-corrected chi connectivity index (χ1v) is 11.2. The molecule has 0 saturated heterocycles. The first kappa shape index (κ1) is 23.1. The second-order valence-electron chi connectivity index (χ2n) is 6.25. The van der Waals surface area contributed by atoms with Gasteiger partial charge in [-0.05, 0) is 74.2 Å². The summed E-state index contributed by atoms with van der Waals surface area (Å²) < 4.78 is 7.67. The summed E-state index contributed by atoms with van der Waals surface area (Å²) in [6, 6.07) is 9.66. The fourth-order valence-electron chi connectivity index (χ4n) is 2.69. The van der Waals surface area contributed by atoms with Crippen LogP contribution < -0.4 is 9.64 Å². The second kappa shape index (κ2) is 10.5. The van der Waals surface area contributed by atoms with Gasteiger partial charge in [0.15, 0.2) is 5.13 Å². The number of nitrogens with zero attached hydrogens (tertiary/aromatic N) is 3. The first-order valence-electron chi connectivity index (χ1n) is 8.74. The zero-order valence-corrected chi connectivity index (χ0v) is 20.0. The smallest absolute Gasteiger partial charge is 0.270 e. The lowest BCUT2D eigenvalue weighted by Gasteiger charge is -2.20. The van der Waals surface area contributed by atoms with Gasteiger partial charge >= 0.3 is 0 Å². The van der Waals surface area contributed by atoms with Crippen LogP contribution in [0.15, 0.2) is 34.1 Å². The summed E-state index contributed by atoms with van der Waals surface area (Å²) >= 11 is 6.42. The van der Waals surface area contributed by atoms with Crippen molar-refractivity contribution in [3.05, 3.63) is 39.0 Å². The number of benzene rings is 1. The number of fused-ring (bicyclic) bond motifs is 1. The molecule has 0 bridgehead atoms. The van der Waals surface area contributed by atoms with Gasteiger partial charge in [-0.2, -0.15) is 0 Å². The molecule has 3 aromatic rings. The van der Waals surface area contributed by atoms with Gasteiger partial charge in [0.25, 0.3) is 5.91 Å². The lowest BCUT2D eigenvalue weighted by Crippen LogP contribution is -2.32. The molecule has 2 aromatic heterocycles. The van der Waals surface area contributed by atoms with Gasteiger partial charge in [0.1, 0.15) is 11.3 Å². The van der Waals surface area contributed by atoms with Crippen LogP contribution in [0, 0.1) is 0 Å². The first-order chi connectivity index (χ1) is 13.0. The molecule has 28 heavy (non-hydrogen) atoms. The minimum absolute atomic E-state index is 0. The maximum absolute atomic E-state index is 13.2. The van der Waals surface area contributed by atoms with Crippen molar-refractivity contribution in [1.82, 2.24) is 9.88 Å². The molecule has 0 unspecified atom stereocenters. The van der Waals surface area contributed by atoms with E-state index < -0.39 is 0 Å². The molecule has 1 amide bonds. The number of anilines is 1. The summed E-state index contributed by atoms with van der Waals surface area (Å²) in [5, 5.41) is 0.713. The minimum Gasteiger partial charge on any atom is -0.492 e. The normalized spacial score (nSPS) is 10.9. The number of thiophene rings is 1. The maximum atomic E-state index is 13.2. The van der Waals surface area contributed by atoms with Crippen LogP contribution in [0.4, 0.5) is 5.13 Å². The van der Waals surface area contributed by atoms with E-state index in [0.717, 1.165) is 32.7 Å². The zero-order chi connectivity index (χ0) is 19.4. The number of carbonyl (C=O) groups excluding carboxylic acids is 1. The maximum Gasteiger partial charge on any atom is 0.270 e. The number of hydrogen-bond donors (Lipinski definition) is 0. The summed E-state index contributed by atoms with van der Waals surface area (Å²) in [7, 11) is 4.07. The van der Waals surface area contributed by atoms with Crippen LogP contribution in [-0.4, -0.2) is 49.6 Å². The van der Waals surface area contributed by atoms with E-state index in [1.165, 1.54) is 22.7 Å². The van der Waals surface area contributed by atoms with Crippen LogP contribution in [0.5, 0.6) is 5.75 Å². The van der Waals surface area contributed by atoms with E-state index in [1.54, 1.807) is 4.90 Å². The monoisotopic (exact) mass is 503 g/mol. The molecule has 0 aliphatic heterocycles. The van der Waals surface area contributed by atoms with Crippen molar-refractivity contribution in [1.29, 1.82) is 0 Å². The summed E-state index contributed by atoms with van der Waals surface area (Å²) in [5.41, 5.74) is 0.817. The molecule has 5 nitrogen and oxygen atoms in total. The Morgan fingerprint density at radius 3 is 2.61 bits per heavy atom. The van der Waals surface area contributed by atoms with Gasteiger partial charge in [0.2, 0.25) is 0 Å². The van der Waals surface area contributed by atoms with Crippen LogP contribution in [0.3, 0.4) is 0 Å².